The molecule has 5 nitrogen and oxygen atoms in total. The van der Waals surface area contributed by atoms with Gasteiger partial charge in [-0.25, -0.2) is 4.79 Å². The van der Waals surface area contributed by atoms with E-state index in [1.165, 1.54) is 0 Å². The van der Waals surface area contributed by atoms with E-state index in [-0.39, 0.29) is 5.92 Å². The van der Waals surface area contributed by atoms with Crippen LogP contribution in [-0.2, 0) is 11.3 Å². The molecule has 1 N–H and O–H groups in total. The minimum Gasteiger partial charge on any atom is -0.478 e. The summed E-state index contributed by atoms with van der Waals surface area (Å²) in [7, 11) is 0. The summed E-state index contributed by atoms with van der Waals surface area (Å²) < 4.78 is 7.05. The highest BCUT2D eigenvalue weighted by Crippen LogP contribution is 2.26. The van der Waals surface area contributed by atoms with Crippen molar-refractivity contribution in [3.8, 4) is 0 Å². The van der Waals surface area contributed by atoms with Crippen molar-refractivity contribution < 1.29 is 14.6 Å². The lowest BCUT2D eigenvalue weighted by Gasteiger charge is -2.04. The third kappa shape index (κ3) is 2.66. The van der Waals surface area contributed by atoms with Crippen molar-refractivity contribution in [1.29, 1.82) is 0 Å². The molecule has 1 unspecified atom stereocenters. The van der Waals surface area contributed by atoms with Crippen LogP contribution in [0.2, 0.25) is 0 Å². The molecule has 0 aliphatic carbocycles. The van der Waals surface area contributed by atoms with E-state index in [1.807, 2.05) is 0 Å². The lowest BCUT2D eigenvalue weighted by Crippen LogP contribution is -2.06. The fourth-order valence-electron chi connectivity index (χ4n) is 2.09. The summed E-state index contributed by atoms with van der Waals surface area (Å²) in [6.45, 7) is 4.17. The van der Waals surface area contributed by atoms with Gasteiger partial charge in [0.1, 0.15) is 5.56 Å². The summed E-state index contributed by atoms with van der Waals surface area (Å²) in [6.07, 6.45) is 4.60. The summed E-state index contributed by atoms with van der Waals surface area (Å²) >= 11 is 0. The topological polar surface area (TPSA) is 64.4 Å². The Hall–Kier alpha value is -1.36. The van der Waals surface area contributed by atoms with Gasteiger partial charge in [0.15, 0.2) is 0 Å². The number of aryl methyl sites for hydroxylation is 1. The molecule has 1 aromatic rings. The van der Waals surface area contributed by atoms with Crippen molar-refractivity contribution in [3.05, 3.63) is 17.5 Å². The minimum absolute atomic E-state index is 0.143. The fraction of sp³-hybridized carbons (Fsp3) is 0.667. The zero-order valence-corrected chi connectivity index (χ0v) is 10.1. The Kier molecular flexibility index (Phi) is 3.78. The summed E-state index contributed by atoms with van der Waals surface area (Å²) in [5, 5.41) is 13.6. The van der Waals surface area contributed by atoms with Gasteiger partial charge in [-0.15, -0.1) is 0 Å². The van der Waals surface area contributed by atoms with Crippen LogP contribution in [0.3, 0.4) is 0 Å². The molecule has 0 amide bonds. The summed E-state index contributed by atoms with van der Waals surface area (Å²) in [5.74, 6) is -0.751. The standard InChI is InChI=1S/C12H18N2O3/c1-2-3-5-14-7-10(12(15)16)11(13-14)9-4-6-17-8-9/h7,9H,2-6,8H2,1H3,(H,15,16). The van der Waals surface area contributed by atoms with Gasteiger partial charge >= 0.3 is 5.97 Å². The Morgan fingerprint density at radius 2 is 2.53 bits per heavy atom. The second-order valence-electron chi connectivity index (χ2n) is 4.41. The first-order valence-electron chi connectivity index (χ1n) is 6.10. The van der Waals surface area contributed by atoms with Gasteiger partial charge in [0.2, 0.25) is 0 Å². The number of unbranched alkanes of at least 4 members (excludes halogenated alkanes) is 1. The molecular formula is C12H18N2O3. The van der Waals surface area contributed by atoms with Crippen LogP contribution in [0.4, 0.5) is 0 Å². The third-order valence-corrected chi connectivity index (χ3v) is 3.08. The van der Waals surface area contributed by atoms with E-state index < -0.39 is 5.97 Å². The van der Waals surface area contributed by atoms with Crippen LogP contribution in [0.1, 0.15) is 48.2 Å². The van der Waals surface area contributed by atoms with Crippen LogP contribution in [0.25, 0.3) is 0 Å². The molecule has 2 rings (SSSR count). The first-order valence-corrected chi connectivity index (χ1v) is 6.10. The molecule has 1 aromatic heterocycles. The lowest BCUT2D eigenvalue weighted by molar-refractivity contribution is 0.0695. The predicted octanol–water partition coefficient (Wildman–Crippen LogP) is 1.89. The summed E-state index contributed by atoms with van der Waals surface area (Å²) in [5.41, 5.74) is 1.02. The van der Waals surface area contributed by atoms with Crippen molar-refractivity contribution in [2.45, 2.75) is 38.6 Å². The molecule has 1 aliphatic heterocycles. The normalized spacial score (nSPS) is 19.7. The average Bonchev–Trinajstić information content (AvgIpc) is 2.94. The van der Waals surface area contributed by atoms with Crippen molar-refractivity contribution in [1.82, 2.24) is 9.78 Å². The smallest absolute Gasteiger partial charge is 0.339 e. The van der Waals surface area contributed by atoms with Gasteiger partial charge in [-0.3, -0.25) is 4.68 Å². The van der Waals surface area contributed by atoms with Crippen LogP contribution in [0.5, 0.6) is 0 Å². The Morgan fingerprint density at radius 3 is 3.12 bits per heavy atom. The fourth-order valence-corrected chi connectivity index (χ4v) is 2.09. The second kappa shape index (κ2) is 5.31. The maximum absolute atomic E-state index is 11.2. The largest absolute Gasteiger partial charge is 0.478 e. The van der Waals surface area contributed by atoms with E-state index in [9.17, 15) is 9.90 Å². The third-order valence-electron chi connectivity index (χ3n) is 3.08. The molecule has 0 aromatic carbocycles. The van der Waals surface area contributed by atoms with Gasteiger partial charge in [0.25, 0.3) is 0 Å². The molecule has 0 bridgehead atoms. The molecule has 2 heterocycles. The number of carboxylic acid groups (broad SMARTS) is 1. The van der Waals surface area contributed by atoms with E-state index >= 15 is 0 Å². The maximum Gasteiger partial charge on any atom is 0.339 e. The number of carboxylic acids is 1. The van der Waals surface area contributed by atoms with Crippen LogP contribution in [-0.4, -0.2) is 34.1 Å². The Bertz CT molecular complexity index is 394. The molecule has 94 valence electrons. The maximum atomic E-state index is 11.2. The molecule has 5 heteroatoms. The summed E-state index contributed by atoms with van der Waals surface area (Å²) in [4.78, 5) is 11.2. The Morgan fingerprint density at radius 1 is 1.71 bits per heavy atom. The Labute approximate surface area is 100 Å². The zero-order chi connectivity index (χ0) is 12.3. The number of rotatable bonds is 5. The van der Waals surface area contributed by atoms with Gasteiger partial charge < -0.3 is 9.84 Å². The van der Waals surface area contributed by atoms with Gasteiger partial charge in [0.05, 0.1) is 12.3 Å². The van der Waals surface area contributed by atoms with E-state index in [1.54, 1.807) is 10.9 Å². The van der Waals surface area contributed by atoms with Crippen molar-refractivity contribution in [2.75, 3.05) is 13.2 Å². The zero-order valence-electron chi connectivity index (χ0n) is 10.1. The molecule has 1 aliphatic rings. The molecule has 0 radical (unpaired) electrons. The molecule has 0 spiro atoms. The molecule has 0 saturated carbocycles. The van der Waals surface area contributed by atoms with E-state index in [4.69, 9.17) is 4.74 Å². The van der Waals surface area contributed by atoms with Crippen molar-refractivity contribution in [3.63, 3.8) is 0 Å². The molecule has 1 atom stereocenters. The average molecular weight is 238 g/mol. The number of nitrogens with zero attached hydrogens (tertiary/aromatic N) is 2. The van der Waals surface area contributed by atoms with Crippen molar-refractivity contribution in [2.24, 2.45) is 0 Å². The van der Waals surface area contributed by atoms with Crippen molar-refractivity contribution >= 4 is 5.97 Å². The SMILES string of the molecule is CCCCn1cc(C(=O)O)c(C2CCOC2)n1. The molecule has 17 heavy (non-hydrogen) atoms. The van der Waals surface area contributed by atoms with E-state index in [0.29, 0.717) is 24.5 Å². The highest BCUT2D eigenvalue weighted by molar-refractivity contribution is 5.88. The first kappa shape index (κ1) is 12.1. The van der Waals surface area contributed by atoms with Crippen LogP contribution >= 0.6 is 0 Å². The monoisotopic (exact) mass is 238 g/mol. The molecule has 1 saturated heterocycles. The highest BCUT2D eigenvalue weighted by Gasteiger charge is 2.26. The number of aromatic nitrogens is 2. The van der Waals surface area contributed by atoms with E-state index in [2.05, 4.69) is 12.0 Å². The van der Waals surface area contributed by atoms with Crippen LogP contribution in [0.15, 0.2) is 6.20 Å². The van der Waals surface area contributed by atoms with E-state index in [0.717, 1.165) is 25.8 Å². The number of hydrogen-bond donors (Lipinski definition) is 1. The quantitative estimate of drug-likeness (QED) is 0.850. The second-order valence-corrected chi connectivity index (χ2v) is 4.41. The predicted molar refractivity (Wildman–Crippen MR) is 62.3 cm³/mol. The van der Waals surface area contributed by atoms with Gasteiger partial charge in [-0.1, -0.05) is 13.3 Å². The number of carbonyl (C=O) groups is 1. The van der Waals surface area contributed by atoms with Crippen LogP contribution < -0.4 is 0 Å². The lowest BCUT2D eigenvalue weighted by atomic mass is 10.0. The van der Waals surface area contributed by atoms with Gasteiger partial charge in [-0.2, -0.15) is 5.10 Å². The number of hydrogen-bond acceptors (Lipinski definition) is 3. The minimum atomic E-state index is -0.894. The Balaban J connectivity index is 2.21. The summed E-state index contributed by atoms with van der Waals surface area (Å²) in [6, 6.07) is 0. The van der Waals surface area contributed by atoms with Gasteiger partial charge in [0, 0.05) is 25.3 Å². The number of ether oxygens (including phenoxy) is 1. The molecular weight excluding hydrogens is 220 g/mol. The number of aromatic carboxylic acids is 1. The first-order chi connectivity index (χ1) is 8.22. The highest BCUT2D eigenvalue weighted by atomic mass is 16.5. The van der Waals surface area contributed by atoms with Gasteiger partial charge in [-0.05, 0) is 12.8 Å². The molecule has 1 fully saturated rings. The van der Waals surface area contributed by atoms with Crippen LogP contribution in [0, 0.1) is 0 Å².